The number of fused-ring (bicyclic) bond motifs is 1. The number of rotatable bonds is 5. The van der Waals surface area contributed by atoms with Gasteiger partial charge in [0.2, 0.25) is 0 Å². The minimum Gasteiger partial charge on any atom is -0.329 e. The molecule has 1 atom stereocenters. The lowest BCUT2D eigenvalue weighted by Crippen LogP contribution is -2.32. The molecule has 1 unspecified atom stereocenters. The Labute approximate surface area is 123 Å². The van der Waals surface area contributed by atoms with Crippen LogP contribution < -0.4 is 5.32 Å². The lowest BCUT2D eigenvalue weighted by molar-refractivity contribution is 0.483. The quantitative estimate of drug-likeness (QED) is 0.780. The van der Waals surface area contributed by atoms with Crippen molar-refractivity contribution in [1.82, 2.24) is 14.9 Å². The van der Waals surface area contributed by atoms with Crippen molar-refractivity contribution in [3.05, 3.63) is 66.2 Å². The lowest BCUT2D eigenvalue weighted by atomic mass is 10.1. The predicted octanol–water partition coefficient (Wildman–Crippen LogP) is 3.01. The average Bonchev–Trinajstić information content (AvgIpc) is 2.90. The molecule has 0 saturated heterocycles. The van der Waals surface area contributed by atoms with Gasteiger partial charge in [-0.05, 0) is 43.3 Å². The largest absolute Gasteiger partial charge is 0.329 e. The summed E-state index contributed by atoms with van der Waals surface area (Å²) in [6.45, 7) is 0.799. The minimum absolute atomic E-state index is 0.185. The molecule has 1 N–H and O–H groups in total. The van der Waals surface area contributed by atoms with Crippen molar-refractivity contribution in [3.63, 3.8) is 0 Å². The predicted molar refractivity (Wildman–Crippen MR) is 82.7 cm³/mol. The molecule has 0 aliphatic rings. The van der Waals surface area contributed by atoms with Crippen LogP contribution in [0.4, 0.5) is 4.39 Å². The van der Waals surface area contributed by atoms with Crippen LogP contribution in [0.25, 0.3) is 11.0 Å². The second-order valence-electron chi connectivity index (χ2n) is 5.21. The molecule has 0 spiro atoms. The first kappa shape index (κ1) is 13.8. The minimum atomic E-state index is -0.185. The lowest BCUT2D eigenvalue weighted by Gasteiger charge is -2.17. The summed E-state index contributed by atoms with van der Waals surface area (Å²) >= 11 is 0. The Kier molecular flexibility index (Phi) is 3.97. The van der Waals surface area contributed by atoms with Crippen molar-refractivity contribution >= 4 is 11.0 Å². The van der Waals surface area contributed by atoms with Crippen LogP contribution in [0.2, 0.25) is 0 Å². The molecule has 0 bridgehead atoms. The van der Waals surface area contributed by atoms with Crippen LogP contribution in [0.1, 0.15) is 5.56 Å². The zero-order valence-corrected chi connectivity index (χ0v) is 12.0. The highest BCUT2D eigenvalue weighted by atomic mass is 19.1. The van der Waals surface area contributed by atoms with Crippen molar-refractivity contribution in [2.24, 2.45) is 0 Å². The molecular weight excluding hydrogens is 265 g/mol. The average molecular weight is 283 g/mol. The molecule has 2 aromatic carbocycles. The van der Waals surface area contributed by atoms with Gasteiger partial charge in [-0.1, -0.05) is 24.3 Å². The first-order chi connectivity index (χ1) is 10.3. The van der Waals surface area contributed by atoms with Gasteiger partial charge in [-0.2, -0.15) is 0 Å². The fourth-order valence-corrected chi connectivity index (χ4v) is 2.60. The number of hydrogen-bond acceptors (Lipinski definition) is 2. The summed E-state index contributed by atoms with van der Waals surface area (Å²) in [5.41, 5.74) is 3.12. The van der Waals surface area contributed by atoms with E-state index in [1.165, 1.54) is 6.07 Å². The SMILES string of the molecule is CNC(Cc1cccc(F)c1)Cn1cnc2ccccc21. The van der Waals surface area contributed by atoms with Gasteiger partial charge in [-0.3, -0.25) is 0 Å². The molecule has 0 saturated carbocycles. The summed E-state index contributed by atoms with van der Waals surface area (Å²) in [5.74, 6) is -0.185. The summed E-state index contributed by atoms with van der Waals surface area (Å²) in [5, 5.41) is 3.30. The molecule has 0 amide bonds. The third kappa shape index (κ3) is 3.11. The fourth-order valence-electron chi connectivity index (χ4n) is 2.60. The van der Waals surface area contributed by atoms with Crippen LogP contribution >= 0.6 is 0 Å². The first-order valence-electron chi connectivity index (χ1n) is 7.08. The Morgan fingerprint density at radius 3 is 2.86 bits per heavy atom. The topological polar surface area (TPSA) is 29.9 Å². The van der Waals surface area contributed by atoms with Gasteiger partial charge >= 0.3 is 0 Å². The van der Waals surface area contributed by atoms with Crippen LogP contribution in [-0.2, 0) is 13.0 Å². The highest BCUT2D eigenvalue weighted by molar-refractivity contribution is 5.74. The molecule has 1 aromatic heterocycles. The number of halogens is 1. The number of imidazole rings is 1. The van der Waals surface area contributed by atoms with Gasteiger partial charge in [0.1, 0.15) is 5.82 Å². The van der Waals surface area contributed by atoms with Crippen molar-refractivity contribution in [1.29, 1.82) is 0 Å². The van der Waals surface area contributed by atoms with Crippen molar-refractivity contribution < 1.29 is 4.39 Å². The Morgan fingerprint density at radius 2 is 2.05 bits per heavy atom. The van der Waals surface area contributed by atoms with Gasteiger partial charge in [0.25, 0.3) is 0 Å². The number of nitrogens with one attached hydrogen (secondary N) is 1. The van der Waals surface area contributed by atoms with E-state index in [4.69, 9.17) is 0 Å². The zero-order valence-electron chi connectivity index (χ0n) is 12.0. The van der Waals surface area contributed by atoms with Gasteiger partial charge in [-0.15, -0.1) is 0 Å². The van der Waals surface area contributed by atoms with Gasteiger partial charge < -0.3 is 9.88 Å². The van der Waals surface area contributed by atoms with Crippen molar-refractivity contribution in [2.45, 2.75) is 19.0 Å². The zero-order chi connectivity index (χ0) is 14.7. The molecule has 0 radical (unpaired) electrons. The Balaban J connectivity index is 1.78. The van der Waals surface area contributed by atoms with Crippen LogP contribution in [0, 0.1) is 5.82 Å². The number of likely N-dealkylation sites (N-methyl/N-ethyl adjacent to an activating group) is 1. The van der Waals surface area contributed by atoms with E-state index in [1.807, 2.05) is 37.6 Å². The first-order valence-corrected chi connectivity index (χ1v) is 7.08. The molecule has 4 heteroatoms. The molecule has 108 valence electrons. The summed E-state index contributed by atoms with van der Waals surface area (Å²) in [7, 11) is 1.93. The van der Waals surface area contributed by atoms with E-state index in [0.717, 1.165) is 29.6 Å². The van der Waals surface area contributed by atoms with Crippen molar-refractivity contribution in [3.8, 4) is 0 Å². The number of aromatic nitrogens is 2. The normalized spacial score (nSPS) is 12.7. The number of nitrogens with zero attached hydrogens (tertiary/aromatic N) is 2. The van der Waals surface area contributed by atoms with Gasteiger partial charge in [0.05, 0.1) is 17.4 Å². The monoisotopic (exact) mass is 283 g/mol. The fraction of sp³-hybridized carbons (Fsp3) is 0.235. The summed E-state index contributed by atoms with van der Waals surface area (Å²) in [6, 6.07) is 15.1. The van der Waals surface area contributed by atoms with E-state index < -0.39 is 0 Å². The van der Waals surface area contributed by atoms with Gasteiger partial charge in [-0.25, -0.2) is 9.37 Å². The standard InChI is InChI=1S/C17H18FN3/c1-19-15(10-13-5-4-6-14(18)9-13)11-21-12-20-16-7-2-3-8-17(16)21/h2-9,12,15,19H,10-11H2,1H3. The Hall–Kier alpha value is -2.20. The Morgan fingerprint density at radius 1 is 1.19 bits per heavy atom. The third-order valence-corrected chi connectivity index (χ3v) is 3.72. The molecule has 1 heterocycles. The summed E-state index contributed by atoms with van der Waals surface area (Å²) in [6.07, 6.45) is 2.64. The maximum atomic E-state index is 13.3. The van der Waals surface area contributed by atoms with E-state index in [-0.39, 0.29) is 11.9 Å². The highest BCUT2D eigenvalue weighted by Crippen LogP contribution is 2.14. The highest BCUT2D eigenvalue weighted by Gasteiger charge is 2.11. The molecule has 3 aromatic rings. The Bertz CT molecular complexity index is 735. The van der Waals surface area contributed by atoms with Crippen LogP contribution in [-0.4, -0.2) is 22.6 Å². The maximum Gasteiger partial charge on any atom is 0.123 e. The third-order valence-electron chi connectivity index (χ3n) is 3.72. The van der Waals surface area contributed by atoms with Crippen molar-refractivity contribution in [2.75, 3.05) is 7.05 Å². The van der Waals surface area contributed by atoms with E-state index in [0.29, 0.717) is 0 Å². The molecule has 21 heavy (non-hydrogen) atoms. The second kappa shape index (κ2) is 6.06. The van der Waals surface area contributed by atoms with E-state index in [9.17, 15) is 4.39 Å². The molecule has 0 fully saturated rings. The van der Waals surface area contributed by atoms with E-state index >= 15 is 0 Å². The van der Waals surface area contributed by atoms with Gasteiger partial charge in [0, 0.05) is 12.6 Å². The number of hydrogen-bond donors (Lipinski definition) is 1. The van der Waals surface area contributed by atoms with E-state index in [1.54, 1.807) is 12.1 Å². The molecule has 3 nitrogen and oxygen atoms in total. The maximum absolute atomic E-state index is 13.3. The smallest absolute Gasteiger partial charge is 0.123 e. The summed E-state index contributed by atoms with van der Waals surface area (Å²) < 4.78 is 15.4. The van der Waals surface area contributed by atoms with Gasteiger partial charge in [0.15, 0.2) is 0 Å². The molecule has 3 rings (SSSR count). The van der Waals surface area contributed by atoms with Crippen LogP contribution in [0.3, 0.4) is 0 Å². The molecular formula is C17H18FN3. The second-order valence-corrected chi connectivity index (χ2v) is 5.21. The van der Waals surface area contributed by atoms with Crippen LogP contribution in [0.5, 0.6) is 0 Å². The number of benzene rings is 2. The van der Waals surface area contributed by atoms with Crippen LogP contribution in [0.15, 0.2) is 54.9 Å². The molecule has 0 aliphatic heterocycles. The molecule has 0 aliphatic carbocycles. The number of para-hydroxylation sites is 2. The summed E-state index contributed by atoms with van der Waals surface area (Å²) in [4.78, 5) is 4.40. The van der Waals surface area contributed by atoms with E-state index in [2.05, 4.69) is 20.9 Å².